The standard InChI is InChI=1S/C18H28N2O4Si/c1-17(2,3)25(4,5)24-13-7-6-10-18(13)11-8-15(23-18)20-12-9-14(21)19-16(20)22/h8-9,11-13,15H,6-7,10H2,1-5H3,(H,19,21,22)/t13-,15-,18+/m1/s1. The molecule has 3 rings (SSSR count). The number of rotatable bonds is 3. The highest BCUT2D eigenvalue weighted by Crippen LogP contribution is 2.47. The summed E-state index contributed by atoms with van der Waals surface area (Å²) in [5.74, 6) is 0. The Morgan fingerprint density at radius 3 is 2.72 bits per heavy atom. The number of nitrogens with one attached hydrogen (secondary N) is 1. The number of hydrogen-bond acceptors (Lipinski definition) is 4. The van der Waals surface area contributed by atoms with E-state index in [2.05, 4.69) is 44.9 Å². The number of hydrogen-bond donors (Lipinski definition) is 1. The molecule has 6 nitrogen and oxygen atoms in total. The molecule has 1 saturated carbocycles. The van der Waals surface area contributed by atoms with E-state index in [0.29, 0.717) is 0 Å². The smallest absolute Gasteiger partial charge is 0.330 e. The maximum atomic E-state index is 12.0. The summed E-state index contributed by atoms with van der Waals surface area (Å²) in [4.78, 5) is 25.6. The van der Waals surface area contributed by atoms with Crippen LogP contribution in [0.2, 0.25) is 18.1 Å². The highest BCUT2D eigenvalue weighted by molar-refractivity contribution is 6.74. The molecule has 1 aromatic rings. The lowest BCUT2D eigenvalue weighted by Crippen LogP contribution is -2.50. The lowest BCUT2D eigenvalue weighted by atomic mass is 10.0. The van der Waals surface area contributed by atoms with Gasteiger partial charge in [-0.1, -0.05) is 20.8 Å². The van der Waals surface area contributed by atoms with Crippen LogP contribution in [0.3, 0.4) is 0 Å². The number of H-pyrrole nitrogens is 1. The molecule has 0 saturated heterocycles. The molecule has 2 aliphatic rings. The van der Waals surface area contributed by atoms with E-state index in [-0.39, 0.29) is 11.1 Å². The van der Waals surface area contributed by atoms with E-state index in [1.54, 1.807) is 0 Å². The second kappa shape index (κ2) is 6.07. The molecule has 1 fully saturated rings. The van der Waals surface area contributed by atoms with E-state index in [9.17, 15) is 9.59 Å². The molecule has 1 aromatic heterocycles. The highest BCUT2D eigenvalue weighted by atomic mass is 28.4. The van der Waals surface area contributed by atoms with Crippen LogP contribution in [0, 0.1) is 0 Å². The Morgan fingerprint density at radius 1 is 1.36 bits per heavy atom. The van der Waals surface area contributed by atoms with Crippen molar-refractivity contribution in [2.75, 3.05) is 0 Å². The first kappa shape index (κ1) is 18.4. The summed E-state index contributed by atoms with van der Waals surface area (Å²) in [6.45, 7) is 11.2. The van der Waals surface area contributed by atoms with Crippen molar-refractivity contribution in [1.29, 1.82) is 0 Å². The molecule has 3 atom stereocenters. The van der Waals surface area contributed by atoms with Crippen LogP contribution in [0.4, 0.5) is 0 Å². The Balaban J connectivity index is 1.82. The molecule has 0 amide bonds. The van der Waals surface area contributed by atoms with Crippen LogP contribution in [0.25, 0.3) is 0 Å². The van der Waals surface area contributed by atoms with Crippen molar-refractivity contribution in [3.05, 3.63) is 45.3 Å². The van der Waals surface area contributed by atoms with Crippen LogP contribution in [-0.4, -0.2) is 29.6 Å². The van der Waals surface area contributed by atoms with E-state index >= 15 is 0 Å². The normalized spacial score (nSPS) is 29.6. The summed E-state index contributed by atoms with van der Waals surface area (Å²) >= 11 is 0. The molecule has 25 heavy (non-hydrogen) atoms. The molecular weight excluding hydrogens is 336 g/mol. The van der Waals surface area contributed by atoms with Gasteiger partial charge in [-0.3, -0.25) is 14.3 Å². The number of aromatic nitrogens is 2. The van der Waals surface area contributed by atoms with Crippen molar-refractivity contribution >= 4 is 8.32 Å². The SMILES string of the molecule is CC(C)(C)[Si](C)(C)O[C@@H]1CCC[C@]12C=C[C@H](n1ccc(=O)[nH]c1=O)O2. The first-order valence-corrected chi connectivity index (χ1v) is 11.8. The minimum absolute atomic E-state index is 0.00750. The molecule has 0 bridgehead atoms. The first-order valence-electron chi connectivity index (χ1n) is 8.91. The lowest BCUT2D eigenvalue weighted by Gasteiger charge is -2.42. The summed E-state index contributed by atoms with van der Waals surface area (Å²) in [5.41, 5.74) is -1.34. The van der Waals surface area contributed by atoms with Gasteiger partial charge in [0.2, 0.25) is 0 Å². The Kier molecular flexibility index (Phi) is 4.46. The maximum absolute atomic E-state index is 12.0. The largest absolute Gasteiger partial charge is 0.411 e. The Bertz CT molecular complexity index is 789. The fourth-order valence-corrected chi connectivity index (χ4v) is 4.69. The van der Waals surface area contributed by atoms with Crippen molar-refractivity contribution in [3.8, 4) is 0 Å². The molecule has 0 unspecified atom stereocenters. The number of ether oxygens (including phenoxy) is 1. The second-order valence-electron chi connectivity index (χ2n) is 8.60. The van der Waals surface area contributed by atoms with Crippen LogP contribution >= 0.6 is 0 Å². The number of nitrogens with zero attached hydrogens (tertiary/aromatic N) is 1. The average Bonchev–Trinajstić information content (AvgIpc) is 3.06. The van der Waals surface area contributed by atoms with Crippen molar-refractivity contribution in [1.82, 2.24) is 9.55 Å². The van der Waals surface area contributed by atoms with Crippen LogP contribution in [0.15, 0.2) is 34.0 Å². The Hall–Kier alpha value is -1.44. The van der Waals surface area contributed by atoms with Crippen LogP contribution in [0.5, 0.6) is 0 Å². The third-order valence-electron chi connectivity index (χ3n) is 5.83. The van der Waals surface area contributed by atoms with E-state index in [0.717, 1.165) is 19.3 Å². The zero-order valence-corrected chi connectivity index (χ0v) is 16.7. The third kappa shape index (κ3) is 3.32. The highest BCUT2D eigenvalue weighted by Gasteiger charge is 2.51. The van der Waals surface area contributed by atoms with Crippen molar-refractivity contribution in [3.63, 3.8) is 0 Å². The van der Waals surface area contributed by atoms with Gasteiger partial charge in [-0.25, -0.2) is 4.79 Å². The zero-order valence-electron chi connectivity index (χ0n) is 15.7. The van der Waals surface area contributed by atoms with Gasteiger partial charge < -0.3 is 9.16 Å². The van der Waals surface area contributed by atoms with Gasteiger partial charge in [0.1, 0.15) is 5.60 Å². The van der Waals surface area contributed by atoms with E-state index in [1.165, 1.54) is 16.8 Å². The fraction of sp³-hybridized carbons (Fsp3) is 0.667. The van der Waals surface area contributed by atoms with E-state index < -0.39 is 31.4 Å². The molecule has 0 aromatic carbocycles. The molecule has 1 N–H and O–H groups in total. The summed E-state index contributed by atoms with van der Waals surface area (Å²) in [7, 11) is -1.91. The van der Waals surface area contributed by atoms with Gasteiger partial charge in [0, 0.05) is 12.3 Å². The molecule has 1 aliphatic carbocycles. The zero-order chi connectivity index (χ0) is 18.5. The van der Waals surface area contributed by atoms with Crippen molar-refractivity contribution < 1.29 is 9.16 Å². The lowest BCUT2D eigenvalue weighted by molar-refractivity contribution is -0.102. The van der Waals surface area contributed by atoms with Crippen LogP contribution < -0.4 is 11.2 Å². The van der Waals surface area contributed by atoms with Gasteiger partial charge in [0.05, 0.1) is 6.10 Å². The first-order chi connectivity index (χ1) is 11.5. The topological polar surface area (TPSA) is 73.3 Å². The molecule has 2 heterocycles. The maximum Gasteiger partial charge on any atom is 0.330 e. The quantitative estimate of drug-likeness (QED) is 0.661. The van der Waals surface area contributed by atoms with Crippen LogP contribution in [0.1, 0.15) is 46.3 Å². The predicted octanol–water partition coefficient (Wildman–Crippen LogP) is 2.93. The fourth-order valence-electron chi connectivity index (χ4n) is 3.31. The van der Waals surface area contributed by atoms with Gasteiger partial charge in [0.25, 0.3) is 5.56 Å². The van der Waals surface area contributed by atoms with Crippen molar-refractivity contribution in [2.24, 2.45) is 0 Å². The second-order valence-corrected chi connectivity index (χ2v) is 13.4. The predicted molar refractivity (Wildman–Crippen MR) is 99.2 cm³/mol. The monoisotopic (exact) mass is 364 g/mol. The van der Waals surface area contributed by atoms with Gasteiger partial charge >= 0.3 is 5.69 Å². The minimum atomic E-state index is -1.91. The summed E-state index contributed by atoms with van der Waals surface area (Å²) < 4.78 is 14.4. The van der Waals surface area contributed by atoms with E-state index in [1.807, 2.05) is 6.08 Å². The van der Waals surface area contributed by atoms with Crippen LogP contribution in [-0.2, 0) is 9.16 Å². The van der Waals surface area contributed by atoms with Gasteiger partial charge in [0.15, 0.2) is 14.5 Å². The molecule has 1 spiro atoms. The van der Waals surface area contributed by atoms with Crippen molar-refractivity contribution in [2.45, 2.75) is 76.1 Å². The minimum Gasteiger partial charge on any atom is -0.411 e. The van der Waals surface area contributed by atoms with E-state index in [4.69, 9.17) is 9.16 Å². The Morgan fingerprint density at radius 2 is 2.08 bits per heavy atom. The summed E-state index contributed by atoms with van der Waals surface area (Å²) in [6, 6.07) is 1.34. The van der Waals surface area contributed by atoms with Gasteiger partial charge in [-0.15, -0.1) is 0 Å². The molecule has 1 aliphatic heterocycles. The van der Waals surface area contributed by atoms with Gasteiger partial charge in [-0.2, -0.15) is 0 Å². The number of aromatic amines is 1. The molecular formula is C18H28N2O4Si. The summed E-state index contributed by atoms with van der Waals surface area (Å²) in [5, 5.41) is 0.133. The third-order valence-corrected chi connectivity index (χ3v) is 10.3. The molecule has 7 heteroatoms. The summed E-state index contributed by atoms with van der Waals surface area (Å²) in [6.07, 6.45) is 7.82. The molecule has 138 valence electrons. The molecule has 0 radical (unpaired) electrons. The average molecular weight is 365 g/mol. The van der Waals surface area contributed by atoms with Gasteiger partial charge in [-0.05, 0) is 49.5 Å². The Labute approximate surface area is 149 Å².